The van der Waals surface area contributed by atoms with E-state index in [9.17, 15) is 0 Å². The molecule has 0 fully saturated rings. The maximum Gasteiger partial charge on any atom is 0.161 e. The normalized spacial score (nSPS) is 13.8. The molecule has 4 heteroatoms. The molecule has 0 bridgehead atoms. The molecule has 19 heavy (non-hydrogen) atoms. The van der Waals surface area contributed by atoms with Crippen LogP contribution >= 0.6 is 0 Å². The number of nitrogens with one attached hydrogen (secondary N) is 1. The van der Waals surface area contributed by atoms with Crippen LogP contribution in [0.15, 0.2) is 18.2 Å². The Hall–Kier alpha value is -1.26. The minimum absolute atomic E-state index is 0.646. The van der Waals surface area contributed by atoms with Crippen LogP contribution in [-0.2, 0) is 6.54 Å². The highest BCUT2D eigenvalue weighted by Gasteiger charge is 2.12. The first-order valence-corrected chi connectivity index (χ1v) is 7.07. The Bertz CT molecular complexity index is 396. The second-order valence-electron chi connectivity index (χ2n) is 4.97. The summed E-state index contributed by atoms with van der Waals surface area (Å²) in [5.41, 5.74) is 1.27. The summed E-state index contributed by atoms with van der Waals surface area (Å²) in [5.74, 6) is 1.74. The van der Waals surface area contributed by atoms with Crippen LogP contribution in [0.5, 0.6) is 11.5 Å². The highest BCUT2D eigenvalue weighted by Crippen LogP contribution is 2.30. The minimum Gasteiger partial charge on any atom is -0.486 e. The molecule has 4 nitrogen and oxygen atoms in total. The maximum atomic E-state index is 5.60. The average molecular weight is 264 g/mol. The number of hydrogen-bond donors (Lipinski definition) is 1. The number of fused-ring (bicyclic) bond motifs is 1. The van der Waals surface area contributed by atoms with Gasteiger partial charge in [0, 0.05) is 19.6 Å². The SMILES string of the molecule is CCCNCCN(C)Cc1ccc2c(c1)OCCO2. The summed E-state index contributed by atoms with van der Waals surface area (Å²) in [6, 6.07) is 6.21. The summed E-state index contributed by atoms with van der Waals surface area (Å²) < 4.78 is 11.1. The third-order valence-electron chi connectivity index (χ3n) is 3.16. The van der Waals surface area contributed by atoms with Gasteiger partial charge in [-0.05, 0) is 37.7 Å². The molecule has 1 aromatic carbocycles. The smallest absolute Gasteiger partial charge is 0.161 e. The van der Waals surface area contributed by atoms with Gasteiger partial charge in [-0.15, -0.1) is 0 Å². The van der Waals surface area contributed by atoms with Crippen molar-refractivity contribution in [2.45, 2.75) is 19.9 Å². The van der Waals surface area contributed by atoms with E-state index >= 15 is 0 Å². The summed E-state index contributed by atoms with van der Waals surface area (Å²) in [7, 11) is 2.14. The van der Waals surface area contributed by atoms with Crippen molar-refractivity contribution in [3.63, 3.8) is 0 Å². The third-order valence-corrected chi connectivity index (χ3v) is 3.16. The van der Waals surface area contributed by atoms with Gasteiger partial charge in [-0.3, -0.25) is 0 Å². The fourth-order valence-corrected chi connectivity index (χ4v) is 2.15. The molecule has 0 aromatic heterocycles. The van der Waals surface area contributed by atoms with Crippen molar-refractivity contribution in [2.75, 3.05) is 39.9 Å². The van der Waals surface area contributed by atoms with Crippen LogP contribution in [0.4, 0.5) is 0 Å². The van der Waals surface area contributed by atoms with Gasteiger partial charge in [0.1, 0.15) is 13.2 Å². The number of likely N-dealkylation sites (N-methyl/N-ethyl adjacent to an activating group) is 1. The van der Waals surface area contributed by atoms with Crippen molar-refractivity contribution < 1.29 is 9.47 Å². The van der Waals surface area contributed by atoms with E-state index in [0.29, 0.717) is 13.2 Å². The average Bonchev–Trinajstić information content (AvgIpc) is 2.43. The monoisotopic (exact) mass is 264 g/mol. The van der Waals surface area contributed by atoms with Crippen LogP contribution in [0.25, 0.3) is 0 Å². The molecule has 1 aliphatic rings. The van der Waals surface area contributed by atoms with Crippen molar-refractivity contribution in [3.8, 4) is 11.5 Å². The van der Waals surface area contributed by atoms with Crippen molar-refractivity contribution in [1.29, 1.82) is 0 Å². The molecule has 1 aromatic rings. The fraction of sp³-hybridized carbons (Fsp3) is 0.600. The van der Waals surface area contributed by atoms with E-state index in [0.717, 1.165) is 37.7 Å². The molecule has 2 rings (SSSR count). The number of hydrogen-bond acceptors (Lipinski definition) is 4. The van der Waals surface area contributed by atoms with Crippen molar-refractivity contribution >= 4 is 0 Å². The van der Waals surface area contributed by atoms with Crippen LogP contribution in [0.2, 0.25) is 0 Å². The molecule has 0 atom stereocenters. The Balaban J connectivity index is 1.81. The zero-order valence-electron chi connectivity index (χ0n) is 11.9. The zero-order chi connectivity index (χ0) is 13.5. The van der Waals surface area contributed by atoms with Gasteiger partial charge in [0.25, 0.3) is 0 Å². The molecule has 0 aliphatic carbocycles. The number of nitrogens with zero attached hydrogens (tertiary/aromatic N) is 1. The highest BCUT2D eigenvalue weighted by atomic mass is 16.6. The predicted molar refractivity (Wildman–Crippen MR) is 76.9 cm³/mol. The first kappa shape index (κ1) is 14.2. The highest BCUT2D eigenvalue weighted by molar-refractivity contribution is 5.43. The van der Waals surface area contributed by atoms with Crippen molar-refractivity contribution in [3.05, 3.63) is 23.8 Å². The molecule has 106 valence electrons. The van der Waals surface area contributed by atoms with Crippen molar-refractivity contribution in [2.24, 2.45) is 0 Å². The van der Waals surface area contributed by atoms with E-state index < -0.39 is 0 Å². The molecule has 1 heterocycles. The van der Waals surface area contributed by atoms with Crippen LogP contribution in [0.3, 0.4) is 0 Å². The van der Waals surface area contributed by atoms with E-state index in [-0.39, 0.29) is 0 Å². The van der Waals surface area contributed by atoms with Gasteiger partial charge >= 0.3 is 0 Å². The maximum absolute atomic E-state index is 5.60. The Labute approximate surface area is 115 Å². The summed E-state index contributed by atoms with van der Waals surface area (Å²) >= 11 is 0. The molecule has 0 radical (unpaired) electrons. The summed E-state index contributed by atoms with van der Waals surface area (Å²) in [6.07, 6.45) is 1.19. The lowest BCUT2D eigenvalue weighted by atomic mass is 10.2. The summed E-state index contributed by atoms with van der Waals surface area (Å²) in [5, 5.41) is 3.42. The molecule has 0 spiro atoms. The lowest BCUT2D eigenvalue weighted by Gasteiger charge is -2.21. The molecule has 1 N–H and O–H groups in total. The lowest BCUT2D eigenvalue weighted by Crippen LogP contribution is -2.29. The van der Waals surface area contributed by atoms with Gasteiger partial charge in [-0.1, -0.05) is 13.0 Å². The summed E-state index contributed by atoms with van der Waals surface area (Å²) in [6.45, 7) is 7.60. The van der Waals surface area contributed by atoms with E-state index in [1.807, 2.05) is 6.07 Å². The number of ether oxygens (including phenoxy) is 2. The molecule has 1 aliphatic heterocycles. The molecular weight excluding hydrogens is 240 g/mol. The van der Waals surface area contributed by atoms with Crippen LogP contribution in [0, 0.1) is 0 Å². The Morgan fingerprint density at radius 2 is 1.95 bits per heavy atom. The second-order valence-corrected chi connectivity index (χ2v) is 4.97. The molecular formula is C15H24N2O2. The lowest BCUT2D eigenvalue weighted by molar-refractivity contribution is 0.171. The Morgan fingerprint density at radius 3 is 2.74 bits per heavy atom. The number of benzene rings is 1. The fourth-order valence-electron chi connectivity index (χ4n) is 2.15. The zero-order valence-corrected chi connectivity index (χ0v) is 11.9. The second kappa shape index (κ2) is 7.36. The summed E-state index contributed by atoms with van der Waals surface area (Å²) in [4.78, 5) is 2.31. The van der Waals surface area contributed by atoms with E-state index in [4.69, 9.17) is 9.47 Å². The van der Waals surface area contributed by atoms with Gasteiger partial charge in [0.05, 0.1) is 0 Å². The minimum atomic E-state index is 0.646. The molecule has 0 saturated heterocycles. The van der Waals surface area contributed by atoms with Gasteiger partial charge in [-0.25, -0.2) is 0 Å². The predicted octanol–water partition coefficient (Wildman–Crippen LogP) is 1.89. The largest absolute Gasteiger partial charge is 0.486 e. The molecule has 0 saturated carbocycles. The molecule has 0 amide bonds. The van der Waals surface area contributed by atoms with Crippen molar-refractivity contribution in [1.82, 2.24) is 10.2 Å². The van der Waals surface area contributed by atoms with Crippen LogP contribution < -0.4 is 14.8 Å². The number of rotatable bonds is 7. The Kier molecular flexibility index (Phi) is 5.48. The van der Waals surface area contributed by atoms with Gasteiger partial charge in [0.15, 0.2) is 11.5 Å². The first-order chi connectivity index (χ1) is 9.29. The standard InChI is InChI=1S/C15H24N2O2/c1-3-6-16-7-8-17(2)12-13-4-5-14-15(11-13)19-10-9-18-14/h4-5,11,16H,3,6-10,12H2,1-2H3. The van der Waals surface area contributed by atoms with Crippen LogP contribution in [-0.4, -0.2) is 44.8 Å². The van der Waals surface area contributed by atoms with Crippen LogP contribution in [0.1, 0.15) is 18.9 Å². The topological polar surface area (TPSA) is 33.7 Å². The van der Waals surface area contributed by atoms with Gasteiger partial charge in [-0.2, -0.15) is 0 Å². The Morgan fingerprint density at radius 1 is 1.16 bits per heavy atom. The first-order valence-electron chi connectivity index (χ1n) is 7.07. The van der Waals surface area contributed by atoms with Gasteiger partial charge in [0.2, 0.25) is 0 Å². The van der Waals surface area contributed by atoms with E-state index in [1.54, 1.807) is 0 Å². The van der Waals surface area contributed by atoms with E-state index in [1.165, 1.54) is 12.0 Å². The van der Waals surface area contributed by atoms with Gasteiger partial charge < -0.3 is 19.7 Å². The quantitative estimate of drug-likeness (QED) is 0.763. The third kappa shape index (κ3) is 4.40. The van der Waals surface area contributed by atoms with E-state index in [2.05, 4.69) is 36.3 Å². The molecule has 0 unspecified atom stereocenters.